The van der Waals surface area contributed by atoms with Crippen molar-refractivity contribution in [2.24, 2.45) is 7.05 Å². The molecule has 13 heteroatoms. The van der Waals surface area contributed by atoms with E-state index in [2.05, 4.69) is 20.5 Å². The standard InChI is InChI=1S/C21H19N5O7S/c1-25-19-14(8-15(34-19)17(28)22-9-11-3-5-12(27)6-4-11)18(29)26(21(25)31)10-13-7-16(24-33-13)23-20(30)32-2/h3-8,27H,9-10H2,1-2H3,(H,22,28)(H,23,24,30). The Kier molecular flexibility index (Phi) is 6.19. The maximum Gasteiger partial charge on any atom is 0.412 e. The second-order valence-electron chi connectivity index (χ2n) is 7.21. The van der Waals surface area contributed by atoms with Gasteiger partial charge in [-0.25, -0.2) is 9.59 Å². The number of phenols is 1. The predicted molar refractivity (Wildman–Crippen MR) is 122 cm³/mol. The molecule has 2 amide bonds. The Morgan fingerprint density at radius 2 is 1.94 bits per heavy atom. The summed E-state index contributed by atoms with van der Waals surface area (Å²) in [5.74, 6) is -0.0533. The molecule has 0 spiro atoms. The minimum Gasteiger partial charge on any atom is -0.508 e. The van der Waals surface area contributed by atoms with Crippen molar-refractivity contribution in [3.63, 3.8) is 0 Å². The van der Waals surface area contributed by atoms with Crippen molar-refractivity contribution in [3.8, 4) is 5.75 Å². The molecular formula is C21H19N5O7S. The van der Waals surface area contributed by atoms with E-state index in [1.54, 1.807) is 12.1 Å². The van der Waals surface area contributed by atoms with Crippen molar-refractivity contribution in [2.45, 2.75) is 13.1 Å². The van der Waals surface area contributed by atoms with Crippen molar-refractivity contribution in [2.75, 3.05) is 12.4 Å². The molecule has 0 fully saturated rings. The molecule has 34 heavy (non-hydrogen) atoms. The molecule has 0 saturated heterocycles. The van der Waals surface area contributed by atoms with Gasteiger partial charge in [-0.3, -0.25) is 24.0 Å². The number of aromatic hydroxyl groups is 1. The second kappa shape index (κ2) is 9.23. The number of phenolic OH excluding ortho intramolecular Hbond substituents is 1. The van der Waals surface area contributed by atoms with E-state index in [9.17, 15) is 24.3 Å². The monoisotopic (exact) mass is 485 g/mol. The van der Waals surface area contributed by atoms with Crippen LogP contribution in [-0.2, 0) is 24.9 Å². The summed E-state index contributed by atoms with van der Waals surface area (Å²) in [7, 11) is 2.69. The number of methoxy groups -OCH3 is 1. The Hall–Kier alpha value is -4.39. The Morgan fingerprint density at radius 1 is 1.21 bits per heavy atom. The zero-order chi connectivity index (χ0) is 24.4. The molecule has 4 rings (SSSR count). The quantitative estimate of drug-likeness (QED) is 0.372. The highest BCUT2D eigenvalue weighted by molar-refractivity contribution is 7.20. The summed E-state index contributed by atoms with van der Waals surface area (Å²) in [6, 6.07) is 9.19. The van der Waals surface area contributed by atoms with Crippen LogP contribution in [0.25, 0.3) is 10.2 Å². The number of aromatic nitrogens is 3. The lowest BCUT2D eigenvalue weighted by molar-refractivity contribution is 0.0955. The number of benzene rings is 1. The Bertz CT molecular complexity index is 1500. The van der Waals surface area contributed by atoms with Crippen molar-refractivity contribution in [3.05, 3.63) is 73.4 Å². The molecule has 1 aromatic carbocycles. The molecule has 0 unspecified atom stereocenters. The van der Waals surface area contributed by atoms with E-state index >= 15 is 0 Å². The Labute approximate surface area is 195 Å². The number of carbonyl (C=O) groups is 2. The average molecular weight is 485 g/mol. The molecule has 4 aromatic rings. The normalized spacial score (nSPS) is 10.9. The van der Waals surface area contributed by atoms with E-state index in [0.717, 1.165) is 21.5 Å². The number of hydrogen-bond acceptors (Lipinski definition) is 9. The van der Waals surface area contributed by atoms with E-state index in [0.29, 0.717) is 4.83 Å². The summed E-state index contributed by atoms with van der Waals surface area (Å²) in [6.45, 7) is -0.000510. The number of aryl methyl sites for hydroxylation is 1. The fraction of sp³-hybridized carbons (Fsp3) is 0.190. The van der Waals surface area contributed by atoms with Crippen LogP contribution >= 0.6 is 11.3 Å². The fourth-order valence-corrected chi connectivity index (χ4v) is 4.20. The highest BCUT2D eigenvalue weighted by Gasteiger charge is 2.19. The van der Waals surface area contributed by atoms with Gasteiger partial charge in [0, 0.05) is 19.7 Å². The topological polar surface area (TPSA) is 158 Å². The number of ether oxygens (including phenoxy) is 1. The van der Waals surface area contributed by atoms with E-state index in [-0.39, 0.29) is 40.7 Å². The van der Waals surface area contributed by atoms with Crippen LogP contribution < -0.4 is 21.9 Å². The summed E-state index contributed by atoms with van der Waals surface area (Å²) in [5.41, 5.74) is -0.407. The van der Waals surface area contributed by atoms with Gasteiger partial charge in [0.1, 0.15) is 10.6 Å². The van der Waals surface area contributed by atoms with E-state index in [1.165, 1.54) is 43.0 Å². The largest absolute Gasteiger partial charge is 0.508 e. The van der Waals surface area contributed by atoms with Crippen LogP contribution in [0, 0.1) is 0 Å². The third-order valence-electron chi connectivity index (χ3n) is 4.91. The first kappa shape index (κ1) is 22.8. The molecule has 0 radical (unpaired) electrons. The molecule has 3 heterocycles. The lowest BCUT2D eigenvalue weighted by Crippen LogP contribution is -2.38. The summed E-state index contributed by atoms with van der Waals surface area (Å²) in [5, 5.41) is 18.3. The number of thiophene rings is 1. The number of carbonyl (C=O) groups excluding carboxylic acids is 2. The van der Waals surface area contributed by atoms with E-state index < -0.39 is 23.2 Å². The van der Waals surface area contributed by atoms with Gasteiger partial charge in [0.2, 0.25) is 0 Å². The predicted octanol–water partition coefficient (Wildman–Crippen LogP) is 1.61. The molecule has 3 aromatic heterocycles. The highest BCUT2D eigenvalue weighted by atomic mass is 32.1. The first-order valence-corrected chi connectivity index (χ1v) is 10.7. The summed E-state index contributed by atoms with van der Waals surface area (Å²) in [4.78, 5) is 50.4. The first-order chi connectivity index (χ1) is 16.3. The van der Waals surface area contributed by atoms with Gasteiger partial charge in [0.25, 0.3) is 11.5 Å². The Morgan fingerprint density at radius 3 is 2.65 bits per heavy atom. The molecule has 0 aliphatic carbocycles. The third-order valence-corrected chi connectivity index (χ3v) is 6.12. The number of rotatable bonds is 6. The van der Waals surface area contributed by atoms with Crippen LogP contribution in [0.1, 0.15) is 21.0 Å². The summed E-state index contributed by atoms with van der Waals surface area (Å²) >= 11 is 1.03. The second-order valence-corrected chi connectivity index (χ2v) is 8.24. The number of anilines is 1. The minimum absolute atomic E-state index is 0.0657. The first-order valence-electron chi connectivity index (χ1n) is 9.87. The Balaban J connectivity index is 1.59. The zero-order valence-corrected chi connectivity index (χ0v) is 18.8. The van der Waals surface area contributed by atoms with Gasteiger partial charge in [-0.05, 0) is 23.8 Å². The zero-order valence-electron chi connectivity index (χ0n) is 18.0. The van der Waals surface area contributed by atoms with E-state index in [1.807, 2.05) is 0 Å². The number of nitrogens with one attached hydrogen (secondary N) is 2. The van der Waals surface area contributed by atoms with Crippen molar-refractivity contribution < 1.29 is 24.0 Å². The van der Waals surface area contributed by atoms with Gasteiger partial charge >= 0.3 is 11.8 Å². The third kappa shape index (κ3) is 4.54. The van der Waals surface area contributed by atoms with Gasteiger partial charge in [-0.15, -0.1) is 11.3 Å². The molecule has 0 aliphatic heterocycles. The molecule has 0 bridgehead atoms. The van der Waals surface area contributed by atoms with Crippen molar-refractivity contribution >= 4 is 39.4 Å². The molecule has 12 nitrogen and oxygen atoms in total. The van der Waals surface area contributed by atoms with Crippen LogP contribution in [0.3, 0.4) is 0 Å². The van der Waals surface area contributed by atoms with Crippen molar-refractivity contribution in [1.29, 1.82) is 0 Å². The smallest absolute Gasteiger partial charge is 0.412 e. The number of hydrogen-bond donors (Lipinski definition) is 3. The van der Waals surface area contributed by atoms with Gasteiger partial charge in [0.15, 0.2) is 11.6 Å². The fourth-order valence-electron chi connectivity index (χ4n) is 3.18. The molecule has 0 saturated carbocycles. The SMILES string of the molecule is COC(=O)Nc1cc(Cn2c(=O)c3cc(C(=O)NCc4ccc(O)cc4)sc3n(C)c2=O)on1. The molecule has 3 N–H and O–H groups in total. The average Bonchev–Trinajstić information content (AvgIpc) is 3.47. The van der Waals surface area contributed by atoms with Gasteiger partial charge in [-0.2, -0.15) is 0 Å². The van der Waals surface area contributed by atoms with Crippen LogP contribution in [0.2, 0.25) is 0 Å². The van der Waals surface area contributed by atoms with Crippen molar-refractivity contribution in [1.82, 2.24) is 19.6 Å². The van der Waals surface area contributed by atoms with Gasteiger partial charge < -0.3 is 19.7 Å². The van der Waals surface area contributed by atoms with Crippen LogP contribution in [0.4, 0.5) is 10.6 Å². The number of amides is 2. The highest BCUT2D eigenvalue weighted by Crippen LogP contribution is 2.22. The number of nitrogens with zero attached hydrogens (tertiary/aromatic N) is 3. The van der Waals surface area contributed by atoms with Gasteiger partial charge in [0.05, 0.1) is 23.9 Å². The lowest BCUT2D eigenvalue weighted by atomic mass is 10.2. The maximum absolute atomic E-state index is 13.0. The summed E-state index contributed by atoms with van der Waals surface area (Å²) < 4.78 is 11.8. The van der Waals surface area contributed by atoms with E-state index in [4.69, 9.17) is 4.52 Å². The van der Waals surface area contributed by atoms with Crippen LogP contribution in [-0.4, -0.2) is 38.5 Å². The van der Waals surface area contributed by atoms with Crippen LogP contribution in [0.15, 0.2) is 50.5 Å². The summed E-state index contributed by atoms with van der Waals surface area (Å²) in [6.07, 6.45) is -0.746. The van der Waals surface area contributed by atoms with Gasteiger partial charge in [-0.1, -0.05) is 17.3 Å². The lowest BCUT2D eigenvalue weighted by Gasteiger charge is -2.06. The minimum atomic E-state index is -0.746. The molecule has 176 valence electrons. The molecule has 0 atom stereocenters. The maximum atomic E-state index is 13.0. The molecule has 0 aliphatic rings. The van der Waals surface area contributed by atoms with Crippen LogP contribution in [0.5, 0.6) is 5.75 Å². The molecular weight excluding hydrogens is 466 g/mol. The number of fused-ring (bicyclic) bond motifs is 1.